The Kier molecular flexibility index (Phi) is 7.26. The fourth-order valence-electron chi connectivity index (χ4n) is 5.87. The van der Waals surface area contributed by atoms with Gasteiger partial charge in [0.2, 0.25) is 0 Å². The smallest absolute Gasteiger partial charge is 0.261 e. The van der Waals surface area contributed by atoms with E-state index < -0.39 is 10.0 Å². The summed E-state index contributed by atoms with van der Waals surface area (Å²) in [5.74, 6) is 0.370. The minimum Gasteiger partial charge on any atom is -0.487 e. The van der Waals surface area contributed by atoms with Gasteiger partial charge in [0.15, 0.2) is 5.78 Å². The van der Waals surface area contributed by atoms with E-state index in [0.29, 0.717) is 22.0 Å². The van der Waals surface area contributed by atoms with E-state index in [1.54, 1.807) is 18.2 Å². The molecule has 2 heterocycles. The van der Waals surface area contributed by atoms with Gasteiger partial charge < -0.3 is 15.0 Å². The van der Waals surface area contributed by atoms with Gasteiger partial charge in [-0.25, -0.2) is 8.42 Å². The molecule has 2 atom stereocenters. The van der Waals surface area contributed by atoms with Crippen molar-refractivity contribution in [1.82, 2.24) is 10.2 Å². The highest BCUT2D eigenvalue weighted by Gasteiger charge is 2.48. The van der Waals surface area contributed by atoms with Crippen LogP contribution in [0.15, 0.2) is 41.3 Å². The number of ketones is 1. The van der Waals surface area contributed by atoms with Crippen LogP contribution in [0.4, 0.5) is 5.69 Å². The number of sulfonamides is 1. The molecule has 1 saturated carbocycles. The van der Waals surface area contributed by atoms with Crippen LogP contribution >= 0.6 is 23.2 Å². The van der Waals surface area contributed by atoms with Crippen molar-refractivity contribution in [3.05, 3.63) is 52.0 Å². The number of anilines is 1. The third kappa shape index (κ3) is 5.11. The first-order chi connectivity index (χ1) is 17.2. The molecular formula is C26H31Cl2N3O4S. The summed E-state index contributed by atoms with van der Waals surface area (Å²) in [6, 6.07) is 8.80. The molecule has 5 rings (SSSR count). The van der Waals surface area contributed by atoms with E-state index in [2.05, 4.69) is 14.9 Å². The number of Topliss-reactive ketones (excluding diaryl/α,β-unsaturated/α-hetero) is 1. The molecule has 7 nitrogen and oxygen atoms in total. The van der Waals surface area contributed by atoms with Gasteiger partial charge in [-0.05, 0) is 75.0 Å². The fraction of sp³-hybridized carbons (Fsp3) is 0.500. The first-order valence-electron chi connectivity index (χ1n) is 12.4. The maximum absolute atomic E-state index is 13.4. The molecule has 2 aromatic carbocycles. The lowest BCUT2D eigenvalue weighted by atomic mass is 9.76. The Labute approximate surface area is 222 Å². The zero-order valence-corrected chi connectivity index (χ0v) is 22.6. The van der Waals surface area contributed by atoms with Gasteiger partial charge in [0.1, 0.15) is 11.9 Å². The van der Waals surface area contributed by atoms with Gasteiger partial charge >= 0.3 is 0 Å². The summed E-state index contributed by atoms with van der Waals surface area (Å²) >= 11 is 12.8. The molecule has 0 amide bonds. The number of carbonyl (C=O) groups excluding carboxylic acids is 1. The highest BCUT2D eigenvalue weighted by atomic mass is 35.5. The minimum absolute atomic E-state index is 0.000902. The van der Waals surface area contributed by atoms with Crippen molar-refractivity contribution in [3.8, 4) is 5.75 Å². The van der Waals surface area contributed by atoms with Crippen LogP contribution in [-0.4, -0.2) is 57.9 Å². The standard InChI is InChI=1S/C26H31Cl2N3O4S/c1-31-13-8-18(16-31)35-23-14-17(4-7-21(23)27)30-36(33,34)19-5-6-20(22(28)15-19)24(32)25-26(11-12-29-25)9-2-3-10-26/h4-7,14-15,18,25,29-30H,2-3,8-13,16H2,1H3. The van der Waals surface area contributed by atoms with E-state index in [1.165, 1.54) is 18.2 Å². The summed E-state index contributed by atoms with van der Waals surface area (Å²) in [7, 11) is -1.93. The number of likely N-dealkylation sites (N-methyl/N-ethyl adjacent to an activating group) is 1. The number of rotatable bonds is 7. The molecule has 10 heteroatoms. The summed E-state index contributed by atoms with van der Waals surface area (Å²) in [6.45, 7) is 2.54. The van der Waals surface area contributed by atoms with E-state index in [4.69, 9.17) is 27.9 Å². The number of ether oxygens (including phenoxy) is 1. The third-order valence-corrected chi connectivity index (χ3v) is 9.79. The van der Waals surface area contributed by atoms with E-state index >= 15 is 0 Å². The Morgan fingerprint density at radius 1 is 1.11 bits per heavy atom. The molecule has 0 radical (unpaired) electrons. The van der Waals surface area contributed by atoms with Gasteiger partial charge in [0.25, 0.3) is 10.0 Å². The molecule has 3 fully saturated rings. The molecule has 2 unspecified atom stereocenters. The summed E-state index contributed by atoms with van der Waals surface area (Å²) in [5, 5.41) is 3.92. The number of hydrogen-bond acceptors (Lipinski definition) is 6. The normalized spacial score (nSPS) is 23.9. The first-order valence-corrected chi connectivity index (χ1v) is 14.7. The molecule has 0 bridgehead atoms. The van der Waals surface area contributed by atoms with Crippen molar-refractivity contribution in [2.45, 2.75) is 55.6 Å². The molecule has 1 aliphatic carbocycles. The highest BCUT2D eigenvalue weighted by Crippen LogP contribution is 2.47. The number of benzene rings is 2. The predicted molar refractivity (Wildman–Crippen MR) is 142 cm³/mol. The molecule has 2 saturated heterocycles. The second kappa shape index (κ2) is 10.1. The summed E-state index contributed by atoms with van der Waals surface area (Å²) in [6.07, 6.45) is 6.21. The van der Waals surface area contributed by atoms with Crippen LogP contribution < -0.4 is 14.8 Å². The largest absolute Gasteiger partial charge is 0.487 e. The summed E-state index contributed by atoms with van der Waals surface area (Å²) < 4.78 is 34.9. The van der Waals surface area contributed by atoms with Gasteiger partial charge in [-0.3, -0.25) is 9.52 Å². The number of halogens is 2. The van der Waals surface area contributed by atoms with E-state index in [0.717, 1.165) is 58.2 Å². The number of carbonyl (C=O) groups is 1. The lowest BCUT2D eigenvalue weighted by molar-refractivity contribution is 0.0873. The maximum Gasteiger partial charge on any atom is 0.261 e. The second-order valence-electron chi connectivity index (χ2n) is 10.3. The molecule has 3 aliphatic rings. The van der Waals surface area contributed by atoms with Gasteiger partial charge in [-0.2, -0.15) is 0 Å². The molecule has 2 aromatic rings. The number of hydrogen-bond donors (Lipinski definition) is 2. The molecule has 36 heavy (non-hydrogen) atoms. The fourth-order valence-corrected chi connectivity index (χ4v) is 7.45. The summed E-state index contributed by atoms with van der Waals surface area (Å²) in [5.41, 5.74) is 0.676. The lowest BCUT2D eigenvalue weighted by Gasteiger charge is -2.29. The molecule has 0 aromatic heterocycles. The van der Waals surface area contributed by atoms with Crippen LogP contribution in [-0.2, 0) is 10.0 Å². The monoisotopic (exact) mass is 551 g/mol. The van der Waals surface area contributed by atoms with Gasteiger partial charge in [-0.15, -0.1) is 0 Å². The van der Waals surface area contributed by atoms with Gasteiger partial charge in [0.05, 0.1) is 26.7 Å². The van der Waals surface area contributed by atoms with Gasteiger partial charge in [-0.1, -0.05) is 36.0 Å². The van der Waals surface area contributed by atoms with Crippen LogP contribution in [0.25, 0.3) is 0 Å². The zero-order chi connectivity index (χ0) is 25.5. The maximum atomic E-state index is 13.4. The van der Waals surface area contributed by atoms with E-state index in [9.17, 15) is 13.2 Å². The van der Waals surface area contributed by atoms with Crippen LogP contribution in [0.3, 0.4) is 0 Å². The van der Waals surface area contributed by atoms with Crippen molar-refractivity contribution < 1.29 is 17.9 Å². The van der Waals surface area contributed by atoms with Crippen LogP contribution in [0, 0.1) is 5.41 Å². The average molecular weight is 553 g/mol. The average Bonchev–Trinajstić information content (AvgIpc) is 3.58. The first kappa shape index (κ1) is 25.8. The Bertz CT molecular complexity index is 1260. The molecule has 194 valence electrons. The molecule has 2 aliphatic heterocycles. The number of nitrogens with one attached hydrogen (secondary N) is 2. The highest BCUT2D eigenvalue weighted by molar-refractivity contribution is 7.92. The van der Waals surface area contributed by atoms with Crippen molar-refractivity contribution in [3.63, 3.8) is 0 Å². The Balaban J connectivity index is 1.33. The van der Waals surface area contributed by atoms with E-state index in [1.807, 2.05) is 7.05 Å². The van der Waals surface area contributed by atoms with Crippen molar-refractivity contribution >= 4 is 44.7 Å². The predicted octanol–water partition coefficient (Wildman–Crippen LogP) is 4.98. The van der Waals surface area contributed by atoms with E-state index in [-0.39, 0.29) is 33.3 Å². The van der Waals surface area contributed by atoms with Gasteiger partial charge in [0, 0.05) is 24.7 Å². The van der Waals surface area contributed by atoms with Crippen molar-refractivity contribution in [2.24, 2.45) is 5.41 Å². The third-order valence-electron chi connectivity index (χ3n) is 7.79. The quantitative estimate of drug-likeness (QED) is 0.471. The second-order valence-corrected chi connectivity index (χ2v) is 12.8. The summed E-state index contributed by atoms with van der Waals surface area (Å²) in [4.78, 5) is 15.5. The molecule has 1 spiro atoms. The number of likely N-dealkylation sites (tertiary alicyclic amines) is 1. The lowest BCUT2D eigenvalue weighted by Crippen LogP contribution is -2.42. The Morgan fingerprint density at radius 2 is 1.89 bits per heavy atom. The Morgan fingerprint density at radius 3 is 2.58 bits per heavy atom. The van der Waals surface area contributed by atoms with Crippen LogP contribution in [0.2, 0.25) is 10.0 Å². The number of nitrogens with zero attached hydrogens (tertiary/aromatic N) is 1. The minimum atomic E-state index is -3.95. The van der Waals surface area contributed by atoms with Crippen molar-refractivity contribution in [2.75, 3.05) is 31.4 Å². The SMILES string of the molecule is CN1CCC(Oc2cc(NS(=O)(=O)c3ccc(C(=O)C4NCCC45CCCC5)c(Cl)c3)ccc2Cl)C1. The van der Waals surface area contributed by atoms with Crippen molar-refractivity contribution in [1.29, 1.82) is 0 Å². The molecular weight excluding hydrogens is 521 g/mol. The Hall–Kier alpha value is -1.84. The zero-order valence-electron chi connectivity index (χ0n) is 20.2. The topological polar surface area (TPSA) is 87.7 Å². The van der Waals surface area contributed by atoms with Crippen LogP contribution in [0.1, 0.15) is 48.9 Å². The van der Waals surface area contributed by atoms with Crippen LogP contribution in [0.5, 0.6) is 5.75 Å². The molecule has 2 N–H and O–H groups in total.